The second-order valence-electron chi connectivity index (χ2n) is 7.21. The van der Waals surface area contributed by atoms with Gasteiger partial charge in [0.15, 0.2) is 0 Å². The van der Waals surface area contributed by atoms with Gasteiger partial charge in [-0.3, -0.25) is 0 Å². The first-order chi connectivity index (χ1) is 14.9. The Labute approximate surface area is 229 Å². The Hall–Kier alpha value is 0.274. The van der Waals surface area contributed by atoms with E-state index in [0.29, 0.717) is 22.5 Å². The zero-order valence-corrected chi connectivity index (χ0v) is 23.8. The van der Waals surface area contributed by atoms with E-state index in [4.69, 9.17) is 15.2 Å². The Balaban J connectivity index is 0.000000539. The molecule has 2 aromatic rings. The summed E-state index contributed by atoms with van der Waals surface area (Å²) in [7, 11) is -2.55. The van der Waals surface area contributed by atoms with Crippen LogP contribution in [0.15, 0.2) is 60.7 Å². The summed E-state index contributed by atoms with van der Waals surface area (Å²) in [6.45, 7) is 1.38. The monoisotopic (exact) mass is 741 g/mol. The molecule has 0 spiro atoms. The van der Waals surface area contributed by atoms with Crippen molar-refractivity contribution in [1.82, 2.24) is 4.72 Å². The number of sulfonamides is 1. The Morgan fingerprint density at radius 1 is 0.879 bits per heavy atom. The van der Waals surface area contributed by atoms with Crippen molar-refractivity contribution in [2.24, 2.45) is 5.73 Å². The first-order valence-electron chi connectivity index (χ1n) is 9.84. The molecule has 2 heterocycles. The summed E-state index contributed by atoms with van der Waals surface area (Å²) < 4.78 is 36.1. The summed E-state index contributed by atoms with van der Waals surface area (Å²) in [4.78, 5) is 0. The fourth-order valence-corrected chi connectivity index (χ4v) is 4.34. The van der Waals surface area contributed by atoms with Gasteiger partial charge >= 0.3 is 49.4 Å². The molecule has 0 saturated carbocycles. The number of hydrogen-bond acceptors (Lipinski definition) is 5. The third kappa shape index (κ3) is 12.2. The molecular formula is C23H36I2N2O4SV. The summed E-state index contributed by atoms with van der Waals surface area (Å²) in [6.07, 6.45) is 2.81. The number of ether oxygens (including phenoxy) is 2. The molecule has 3 N–H and O–H groups in total. The van der Waals surface area contributed by atoms with Crippen molar-refractivity contribution in [2.45, 2.75) is 52.0 Å². The molecule has 4 rings (SSSR count). The summed E-state index contributed by atoms with van der Waals surface area (Å²) in [5.74, 6) is 0. The second kappa shape index (κ2) is 17.7. The van der Waals surface area contributed by atoms with Crippen LogP contribution in [0.2, 0.25) is 0 Å². The molecule has 2 saturated heterocycles. The van der Waals surface area contributed by atoms with Crippen molar-refractivity contribution in [3.05, 3.63) is 71.8 Å². The van der Waals surface area contributed by atoms with E-state index in [2.05, 4.69) is 56.8 Å². The van der Waals surface area contributed by atoms with E-state index in [9.17, 15) is 8.42 Å². The second-order valence-corrected chi connectivity index (χ2v) is 20.8. The average molecular weight is 741 g/mol. The quantitative estimate of drug-likeness (QED) is 0.400. The molecule has 2 aromatic carbocycles. The summed E-state index contributed by atoms with van der Waals surface area (Å²) in [5, 5.41) is 0. The fourth-order valence-electron chi connectivity index (χ4n) is 3.55. The molecule has 0 aliphatic carbocycles. The Morgan fingerprint density at radius 3 is 1.73 bits per heavy atom. The normalized spacial score (nSPS) is 23.5. The summed E-state index contributed by atoms with van der Waals surface area (Å²) in [5.41, 5.74) is 8.10. The van der Waals surface area contributed by atoms with Crippen LogP contribution in [-0.4, -0.2) is 40.0 Å². The van der Waals surface area contributed by atoms with Crippen molar-refractivity contribution in [3.8, 4) is 0 Å². The van der Waals surface area contributed by atoms with E-state index in [1.165, 1.54) is 11.8 Å². The number of nitrogens with two attached hydrogens (primary N) is 1. The zero-order chi connectivity index (χ0) is 22.7. The van der Waals surface area contributed by atoms with Gasteiger partial charge in [0.05, 0.1) is 24.5 Å². The third-order valence-electron chi connectivity index (χ3n) is 4.85. The molecule has 10 heteroatoms. The SMILES string of the molecule is C.C.CS(=O)(=O)NC1CCOC1c1ccccc1.NC1CCOC1c1ccccc1.[I][V][I]. The molecule has 2 aliphatic heterocycles. The standard InChI is InChI=1S/C11H15NO3S.C10H13NO.2CH4.2HI.V/c1-16(13,14)12-10-7-8-15-11(10)9-5-3-2-4-6-9;11-9-6-7-12-10(9)8-4-2-1-3-5-8;;;;;/h2-6,10-12H,7-8H2,1H3;1-5,9-10H,6-7,11H2;2*1H4;2*1H;/q;;;;;;+2/p-2. The average Bonchev–Trinajstić information content (AvgIpc) is 3.38. The number of halogens is 2. The topological polar surface area (TPSA) is 90.7 Å². The van der Waals surface area contributed by atoms with Gasteiger partial charge in [0.25, 0.3) is 0 Å². The van der Waals surface area contributed by atoms with Gasteiger partial charge in [0, 0.05) is 19.3 Å². The minimum atomic E-state index is -3.18. The molecule has 187 valence electrons. The predicted molar refractivity (Wildman–Crippen MR) is 151 cm³/mol. The fraction of sp³-hybridized carbons (Fsp3) is 0.478. The Kier molecular flexibility index (Phi) is 17.8. The van der Waals surface area contributed by atoms with Gasteiger partial charge in [-0.2, -0.15) is 0 Å². The third-order valence-corrected chi connectivity index (χ3v) is 5.58. The molecular weight excluding hydrogens is 705 g/mol. The van der Waals surface area contributed by atoms with Crippen molar-refractivity contribution in [3.63, 3.8) is 0 Å². The number of hydrogen-bond donors (Lipinski definition) is 2. The van der Waals surface area contributed by atoms with Gasteiger partial charge in [-0.25, -0.2) is 13.1 Å². The van der Waals surface area contributed by atoms with Gasteiger partial charge in [-0.05, 0) is 24.0 Å². The maximum absolute atomic E-state index is 11.2. The number of rotatable bonds is 4. The van der Waals surface area contributed by atoms with Crippen LogP contribution in [0, 0.1) is 0 Å². The van der Waals surface area contributed by atoms with Crippen molar-refractivity contribution < 1.29 is 27.4 Å². The molecule has 33 heavy (non-hydrogen) atoms. The van der Waals surface area contributed by atoms with Gasteiger partial charge in [0.2, 0.25) is 10.0 Å². The van der Waals surface area contributed by atoms with Gasteiger partial charge in [0.1, 0.15) is 0 Å². The molecule has 2 fully saturated rings. The molecule has 2 aliphatic rings. The molecule has 0 aromatic heterocycles. The van der Waals surface area contributed by atoms with Gasteiger partial charge in [-0.15, -0.1) is 0 Å². The number of nitrogens with one attached hydrogen (secondary N) is 1. The van der Waals surface area contributed by atoms with Crippen LogP contribution in [0.1, 0.15) is 51.0 Å². The van der Waals surface area contributed by atoms with E-state index >= 15 is 0 Å². The molecule has 0 amide bonds. The molecule has 6 nitrogen and oxygen atoms in total. The first-order valence-corrected chi connectivity index (χ1v) is 20.7. The molecule has 0 radical (unpaired) electrons. The summed E-state index contributed by atoms with van der Waals surface area (Å²) >= 11 is 4.74. The van der Waals surface area contributed by atoms with Crippen molar-refractivity contribution in [1.29, 1.82) is 0 Å². The Morgan fingerprint density at radius 2 is 1.30 bits per heavy atom. The number of benzene rings is 2. The van der Waals surface area contributed by atoms with Crippen LogP contribution in [-0.2, 0) is 29.0 Å². The van der Waals surface area contributed by atoms with Crippen LogP contribution in [0.25, 0.3) is 0 Å². The van der Waals surface area contributed by atoms with Crippen LogP contribution < -0.4 is 10.5 Å². The molecule has 0 bridgehead atoms. The first kappa shape index (κ1) is 33.3. The van der Waals surface area contributed by atoms with Crippen LogP contribution in [0.5, 0.6) is 0 Å². The summed E-state index contributed by atoms with van der Waals surface area (Å²) in [6, 6.07) is 19.9. The minimum absolute atomic E-state index is 0. The molecule has 4 unspecified atom stereocenters. The van der Waals surface area contributed by atoms with E-state index in [1.807, 2.05) is 48.5 Å². The van der Waals surface area contributed by atoms with Crippen LogP contribution in [0.4, 0.5) is 0 Å². The van der Waals surface area contributed by atoms with Crippen molar-refractivity contribution in [2.75, 3.05) is 19.5 Å². The van der Waals surface area contributed by atoms with Gasteiger partial charge in [-0.1, -0.05) is 75.5 Å². The van der Waals surface area contributed by atoms with Crippen molar-refractivity contribution >= 4 is 50.0 Å². The maximum atomic E-state index is 11.2. The zero-order valence-electron chi connectivity index (χ0n) is 17.2. The van der Waals surface area contributed by atoms with E-state index < -0.39 is 10.0 Å². The molecule has 4 atom stereocenters. The van der Waals surface area contributed by atoms with E-state index in [1.54, 1.807) is 0 Å². The Bertz CT molecular complexity index is 863. The van der Waals surface area contributed by atoms with Crippen LogP contribution in [0.3, 0.4) is 0 Å². The van der Waals surface area contributed by atoms with Crippen LogP contribution >= 0.6 is 40.0 Å². The van der Waals surface area contributed by atoms with Gasteiger partial charge < -0.3 is 15.2 Å². The van der Waals surface area contributed by atoms with E-state index in [-0.39, 0.29) is 39.1 Å². The van der Waals surface area contributed by atoms with E-state index in [0.717, 1.165) is 18.6 Å². The predicted octanol–water partition coefficient (Wildman–Crippen LogP) is 5.58.